The SMILES string of the molecule is CC(C)(C)S(=O)(=O)NCCCCCNC1CC1. The van der Waals surface area contributed by atoms with Crippen LogP contribution in [0.1, 0.15) is 52.9 Å². The predicted molar refractivity (Wildman–Crippen MR) is 71.6 cm³/mol. The Bertz CT molecular complexity index is 316. The summed E-state index contributed by atoms with van der Waals surface area (Å²) in [6.07, 6.45) is 5.78. The van der Waals surface area contributed by atoms with Crippen molar-refractivity contribution in [3.05, 3.63) is 0 Å². The Morgan fingerprint density at radius 1 is 1.06 bits per heavy atom. The second-order valence-corrected chi connectivity index (χ2v) is 8.32. The van der Waals surface area contributed by atoms with E-state index in [2.05, 4.69) is 10.0 Å². The molecular formula is C12H26N2O2S. The van der Waals surface area contributed by atoms with Crippen molar-refractivity contribution in [1.29, 1.82) is 0 Å². The lowest BCUT2D eigenvalue weighted by atomic mass is 10.2. The van der Waals surface area contributed by atoms with Gasteiger partial charge in [0.05, 0.1) is 4.75 Å². The maximum Gasteiger partial charge on any atom is 0.216 e. The molecular weight excluding hydrogens is 236 g/mol. The highest BCUT2D eigenvalue weighted by Crippen LogP contribution is 2.18. The van der Waals surface area contributed by atoms with Crippen molar-refractivity contribution >= 4 is 10.0 Å². The molecule has 0 bridgehead atoms. The van der Waals surface area contributed by atoms with E-state index in [-0.39, 0.29) is 0 Å². The summed E-state index contributed by atoms with van der Waals surface area (Å²) in [6.45, 7) is 6.78. The van der Waals surface area contributed by atoms with E-state index in [0.717, 1.165) is 31.8 Å². The Kier molecular flexibility index (Phi) is 5.41. The van der Waals surface area contributed by atoms with E-state index in [0.29, 0.717) is 6.54 Å². The summed E-state index contributed by atoms with van der Waals surface area (Å²) in [5.74, 6) is 0. The smallest absolute Gasteiger partial charge is 0.216 e. The zero-order chi connectivity index (χ0) is 12.9. The van der Waals surface area contributed by atoms with Gasteiger partial charge in [-0.25, -0.2) is 13.1 Å². The highest BCUT2D eigenvalue weighted by Gasteiger charge is 2.27. The van der Waals surface area contributed by atoms with Crippen molar-refractivity contribution in [2.75, 3.05) is 13.1 Å². The standard InChI is InChI=1S/C12H26N2O2S/c1-12(2,3)17(15,16)14-10-6-4-5-9-13-11-7-8-11/h11,13-14H,4-10H2,1-3H3. The van der Waals surface area contributed by atoms with Gasteiger partial charge in [0.15, 0.2) is 0 Å². The summed E-state index contributed by atoms with van der Waals surface area (Å²) < 4.78 is 25.4. The third-order valence-electron chi connectivity index (χ3n) is 2.96. The van der Waals surface area contributed by atoms with Crippen LogP contribution in [0.2, 0.25) is 0 Å². The number of nitrogens with one attached hydrogen (secondary N) is 2. The molecule has 0 aromatic carbocycles. The Hall–Kier alpha value is -0.130. The molecule has 1 aliphatic carbocycles. The molecule has 0 amide bonds. The molecule has 0 aromatic heterocycles. The number of rotatable bonds is 8. The summed E-state index contributed by atoms with van der Waals surface area (Å²) in [5, 5.41) is 3.45. The Balaban J connectivity index is 1.99. The predicted octanol–water partition coefficient (Wildman–Crippen LogP) is 1.63. The van der Waals surface area contributed by atoms with E-state index in [1.807, 2.05) is 0 Å². The summed E-state index contributed by atoms with van der Waals surface area (Å²) >= 11 is 0. The minimum Gasteiger partial charge on any atom is -0.314 e. The highest BCUT2D eigenvalue weighted by atomic mass is 32.2. The van der Waals surface area contributed by atoms with Crippen LogP contribution in [0.4, 0.5) is 0 Å². The fourth-order valence-electron chi connectivity index (χ4n) is 1.44. The second-order valence-electron chi connectivity index (χ2n) is 5.80. The average molecular weight is 262 g/mol. The van der Waals surface area contributed by atoms with Crippen molar-refractivity contribution in [2.45, 2.75) is 63.7 Å². The van der Waals surface area contributed by atoms with E-state index >= 15 is 0 Å². The first kappa shape index (κ1) is 14.9. The molecule has 1 rings (SSSR count). The molecule has 0 aromatic rings. The summed E-state index contributed by atoms with van der Waals surface area (Å²) in [4.78, 5) is 0. The molecule has 4 nitrogen and oxygen atoms in total. The zero-order valence-corrected chi connectivity index (χ0v) is 12.1. The van der Waals surface area contributed by atoms with Gasteiger partial charge >= 0.3 is 0 Å². The number of hydrogen-bond donors (Lipinski definition) is 2. The van der Waals surface area contributed by atoms with E-state index < -0.39 is 14.8 Å². The first-order valence-corrected chi connectivity index (χ1v) is 8.04. The molecule has 0 atom stereocenters. The van der Waals surface area contributed by atoms with Crippen LogP contribution < -0.4 is 10.0 Å². The molecule has 0 spiro atoms. The molecule has 0 heterocycles. The van der Waals surface area contributed by atoms with Crippen LogP contribution in [-0.4, -0.2) is 32.3 Å². The summed E-state index contributed by atoms with van der Waals surface area (Å²) in [6, 6.07) is 0.773. The first-order chi connectivity index (χ1) is 7.83. The third kappa shape index (κ3) is 5.84. The lowest BCUT2D eigenvalue weighted by Crippen LogP contribution is -2.39. The minimum absolute atomic E-state index is 0.559. The fourth-order valence-corrected chi connectivity index (χ4v) is 2.29. The lowest BCUT2D eigenvalue weighted by molar-refractivity contribution is 0.537. The molecule has 1 saturated carbocycles. The minimum atomic E-state index is -3.16. The molecule has 102 valence electrons. The molecule has 0 saturated heterocycles. The van der Waals surface area contributed by atoms with Crippen molar-refractivity contribution in [1.82, 2.24) is 10.0 Å². The Labute approximate surface area is 106 Å². The number of unbranched alkanes of at least 4 members (excludes halogenated alkanes) is 2. The normalized spacial score (nSPS) is 17.4. The van der Waals surface area contributed by atoms with Gasteiger partial charge in [0.1, 0.15) is 0 Å². The van der Waals surface area contributed by atoms with Crippen molar-refractivity contribution in [3.63, 3.8) is 0 Å². The van der Waals surface area contributed by atoms with Gasteiger partial charge in [-0.15, -0.1) is 0 Å². The Morgan fingerprint density at radius 2 is 1.65 bits per heavy atom. The maximum atomic E-state index is 11.7. The van der Waals surface area contributed by atoms with E-state index in [1.54, 1.807) is 20.8 Å². The van der Waals surface area contributed by atoms with Gasteiger partial charge in [0.2, 0.25) is 10.0 Å². The maximum absolute atomic E-state index is 11.7. The van der Waals surface area contributed by atoms with Gasteiger partial charge in [0.25, 0.3) is 0 Å². The lowest BCUT2D eigenvalue weighted by Gasteiger charge is -2.19. The van der Waals surface area contributed by atoms with E-state index in [4.69, 9.17) is 0 Å². The second kappa shape index (κ2) is 6.16. The van der Waals surface area contributed by atoms with Crippen LogP contribution in [0, 0.1) is 0 Å². The van der Waals surface area contributed by atoms with Gasteiger partial charge in [-0.05, 0) is 53.0 Å². The topological polar surface area (TPSA) is 58.2 Å². The fraction of sp³-hybridized carbons (Fsp3) is 1.00. The first-order valence-electron chi connectivity index (χ1n) is 6.55. The van der Waals surface area contributed by atoms with Crippen LogP contribution >= 0.6 is 0 Å². The molecule has 0 radical (unpaired) electrons. The molecule has 0 unspecified atom stereocenters. The number of hydrogen-bond acceptors (Lipinski definition) is 3. The van der Waals surface area contributed by atoms with Gasteiger partial charge in [-0.1, -0.05) is 6.42 Å². The highest BCUT2D eigenvalue weighted by molar-refractivity contribution is 7.90. The zero-order valence-electron chi connectivity index (χ0n) is 11.3. The van der Waals surface area contributed by atoms with Crippen LogP contribution in [0.15, 0.2) is 0 Å². The molecule has 1 aliphatic rings. The Morgan fingerprint density at radius 3 is 2.18 bits per heavy atom. The van der Waals surface area contributed by atoms with Crippen molar-refractivity contribution < 1.29 is 8.42 Å². The number of sulfonamides is 1. The average Bonchev–Trinajstić information content (AvgIpc) is 2.98. The summed E-state index contributed by atoms with van der Waals surface area (Å²) in [5.41, 5.74) is 0. The van der Waals surface area contributed by atoms with Crippen LogP contribution in [-0.2, 0) is 10.0 Å². The largest absolute Gasteiger partial charge is 0.314 e. The van der Waals surface area contributed by atoms with Crippen LogP contribution in [0.5, 0.6) is 0 Å². The van der Waals surface area contributed by atoms with Crippen molar-refractivity contribution in [2.24, 2.45) is 0 Å². The molecule has 0 aliphatic heterocycles. The van der Waals surface area contributed by atoms with E-state index in [9.17, 15) is 8.42 Å². The van der Waals surface area contributed by atoms with Gasteiger partial charge in [-0.3, -0.25) is 0 Å². The van der Waals surface area contributed by atoms with Gasteiger partial charge < -0.3 is 5.32 Å². The molecule has 1 fully saturated rings. The third-order valence-corrected chi connectivity index (χ3v) is 5.16. The monoisotopic (exact) mass is 262 g/mol. The quantitative estimate of drug-likeness (QED) is 0.654. The van der Waals surface area contributed by atoms with E-state index in [1.165, 1.54) is 12.8 Å². The molecule has 2 N–H and O–H groups in total. The molecule has 5 heteroatoms. The molecule has 17 heavy (non-hydrogen) atoms. The van der Waals surface area contributed by atoms with Gasteiger partial charge in [-0.2, -0.15) is 0 Å². The van der Waals surface area contributed by atoms with Crippen LogP contribution in [0.3, 0.4) is 0 Å². The van der Waals surface area contributed by atoms with Crippen molar-refractivity contribution in [3.8, 4) is 0 Å². The van der Waals surface area contributed by atoms with Crippen LogP contribution in [0.25, 0.3) is 0 Å². The summed E-state index contributed by atoms with van der Waals surface area (Å²) in [7, 11) is -3.16. The van der Waals surface area contributed by atoms with Gasteiger partial charge in [0, 0.05) is 12.6 Å².